The van der Waals surface area contributed by atoms with Gasteiger partial charge in [-0.2, -0.15) is 0 Å². The first-order valence-electron chi connectivity index (χ1n) is 4.49. The van der Waals surface area contributed by atoms with Gasteiger partial charge in [0.15, 0.2) is 0 Å². The van der Waals surface area contributed by atoms with E-state index < -0.39 is 23.8 Å². The van der Waals surface area contributed by atoms with Gasteiger partial charge < -0.3 is 10.2 Å². The molecule has 0 aromatic rings. The van der Waals surface area contributed by atoms with E-state index in [4.69, 9.17) is 10.2 Å². The Bertz CT molecular complexity index is 224. The molecule has 1 aliphatic rings. The molecule has 0 aromatic heterocycles. The lowest BCUT2D eigenvalue weighted by Gasteiger charge is -2.30. The SMILES string of the molecule is C[C@H]1CCC[C@H](C(=O)O)[C@@H]1C(=O)O. The summed E-state index contributed by atoms with van der Waals surface area (Å²) in [6.07, 6.45) is 2.14. The van der Waals surface area contributed by atoms with Crippen molar-refractivity contribution in [1.82, 2.24) is 0 Å². The molecular weight excluding hydrogens is 172 g/mol. The fourth-order valence-electron chi connectivity index (χ4n) is 2.11. The maximum atomic E-state index is 10.8. The lowest BCUT2D eigenvalue weighted by Crippen LogP contribution is -2.37. The Morgan fingerprint density at radius 3 is 2.15 bits per heavy atom. The molecule has 0 aliphatic heterocycles. The number of rotatable bonds is 2. The lowest BCUT2D eigenvalue weighted by atomic mass is 9.73. The van der Waals surface area contributed by atoms with Crippen molar-refractivity contribution in [1.29, 1.82) is 0 Å². The third-order valence-electron chi connectivity index (χ3n) is 2.82. The van der Waals surface area contributed by atoms with Crippen LogP contribution in [0.1, 0.15) is 26.2 Å². The van der Waals surface area contributed by atoms with Gasteiger partial charge in [0.05, 0.1) is 11.8 Å². The highest BCUT2D eigenvalue weighted by molar-refractivity contribution is 5.80. The minimum atomic E-state index is -0.973. The summed E-state index contributed by atoms with van der Waals surface area (Å²) in [6.45, 7) is 1.81. The number of hydrogen-bond acceptors (Lipinski definition) is 2. The number of aliphatic carboxylic acids is 2. The van der Waals surface area contributed by atoms with Crippen LogP contribution in [0, 0.1) is 17.8 Å². The highest BCUT2D eigenvalue weighted by Gasteiger charge is 2.39. The predicted octanol–water partition coefficient (Wildman–Crippen LogP) is 1.21. The van der Waals surface area contributed by atoms with Crippen LogP contribution >= 0.6 is 0 Å². The fraction of sp³-hybridized carbons (Fsp3) is 0.778. The van der Waals surface area contributed by atoms with Gasteiger partial charge in [0, 0.05) is 0 Å². The van der Waals surface area contributed by atoms with Gasteiger partial charge in [-0.3, -0.25) is 9.59 Å². The summed E-state index contributed by atoms with van der Waals surface area (Å²) in [5.41, 5.74) is 0. The summed E-state index contributed by atoms with van der Waals surface area (Å²) in [6, 6.07) is 0. The van der Waals surface area contributed by atoms with Crippen LogP contribution in [0.5, 0.6) is 0 Å². The number of carbonyl (C=O) groups is 2. The molecule has 3 atom stereocenters. The monoisotopic (exact) mass is 186 g/mol. The minimum Gasteiger partial charge on any atom is -0.481 e. The van der Waals surface area contributed by atoms with Gasteiger partial charge in [-0.15, -0.1) is 0 Å². The van der Waals surface area contributed by atoms with E-state index in [9.17, 15) is 9.59 Å². The molecule has 0 saturated heterocycles. The third kappa shape index (κ3) is 1.99. The van der Waals surface area contributed by atoms with Crippen molar-refractivity contribution < 1.29 is 19.8 Å². The van der Waals surface area contributed by atoms with Gasteiger partial charge >= 0.3 is 11.9 Å². The second-order valence-corrected chi connectivity index (χ2v) is 3.72. The molecule has 2 N–H and O–H groups in total. The summed E-state index contributed by atoms with van der Waals surface area (Å²) in [7, 11) is 0. The van der Waals surface area contributed by atoms with E-state index in [0.717, 1.165) is 12.8 Å². The van der Waals surface area contributed by atoms with Crippen LogP contribution in [-0.2, 0) is 9.59 Å². The second kappa shape index (κ2) is 3.77. The van der Waals surface area contributed by atoms with Crippen LogP contribution in [0.2, 0.25) is 0 Å². The summed E-state index contributed by atoms with van der Waals surface area (Å²) >= 11 is 0. The highest BCUT2D eigenvalue weighted by atomic mass is 16.4. The molecule has 1 rings (SSSR count). The zero-order chi connectivity index (χ0) is 10.0. The van der Waals surface area contributed by atoms with E-state index in [1.807, 2.05) is 6.92 Å². The quantitative estimate of drug-likeness (QED) is 0.679. The maximum absolute atomic E-state index is 10.8. The van der Waals surface area contributed by atoms with E-state index in [2.05, 4.69) is 0 Å². The van der Waals surface area contributed by atoms with Gasteiger partial charge in [0.2, 0.25) is 0 Å². The van der Waals surface area contributed by atoms with E-state index >= 15 is 0 Å². The Kier molecular flexibility index (Phi) is 2.90. The van der Waals surface area contributed by atoms with Gasteiger partial charge in [-0.1, -0.05) is 13.3 Å². The largest absolute Gasteiger partial charge is 0.481 e. The number of carboxylic acid groups (broad SMARTS) is 2. The van der Waals surface area contributed by atoms with Crippen molar-refractivity contribution in [2.45, 2.75) is 26.2 Å². The molecule has 1 saturated carbocycles. The molecule has 0 bridgehead atoms. The Morgan fingerprint density at radius 1 is 1.15 bits per heavy atom. The second-order valence-electron chi connectivity index (χ2n) is 3.72. The van der Waals surface area contributed by atoms with Gasteiger partial charge in [-0.25, -0.2) is 0 Å². The van der Waals surface area contributed by atoms with Crippen LogP contribution in [0.15, 0.2) is 0 Å². The normalized spacial score (nSPS) is 34.1. The molecule has 0 aromatic carbocycles. The smallest absolute Gasteiger partial charge is 0.307 e. The van der Waals surface area contributed by atoms with Gasteiger partial charge in [0.1, 0.15) is 0 Å². The van der Waals surface area contributed by atoms with Crippen molar-refractivity contribution in [2.24, 2.45) is 17.8 Å². The van der Waals surface area contributed by atoms with E-state index in [1.54, 1.807) is 0 Å². The van der Waals surface area contributed by atoms with Gasteiger partial charge in [-0.05, 0) is 18.8 Å². The molecule has 4 nitrogen and oxygen atoms in total. The summed E-state index contributed by atoms with van der Waals surface area (Å²) in [4.78, 5) is 21.6. The molecule has 0 radical (unpaired) electrons. The maximum Gasteiger partial charge on any atom is 0.307 e. The van der Waals surface area contributed by atoms with Crippen molar-refractivity contribution in [3.05, 3.63) is 0 Å². The first-order valence-corrected chi connectivity index (χ1v) is 4.49. The van der Waals surface area contributed by atoms with Crippen LogP contribution < -0.4 is 0 Å². The Balaban J connectivity index is 2.80. The standard InChI is InChI=1S/C9H14O4/c1-5-3-2-4-6(8(10)11)7(5)9(12)13/h5-7H,2-4H2,1H3,(H,10,11)(H,12,13)/t5-,6-,7+/m0/s1. The van der Waals surface area contributed by atoms with Crippen LogP contribution in [0.25, 0.3) is 0 Å². The predicted molar refractivity (Wildman–Crippen MR) is 45.3 cm³/mol. The first kappa shape index (κ1) is 10.0. The van der Waals surface area contributed by atoms with Crippen LogP contribution in [0.4, 0.5) is 0 Å². The lowest BCUT2D eigenvalue weighted by molar-refractivity contribution is -0.158. The fourth-order valence-corrected chi connectivity index (χ4v) is 2.11. The Hall–Kier alpha value is -1.06. The van der Waals surface area contributed by atoms with E-state index in [-0.39, 0.29) is 5.92 Å². The minimum absolute atomic E-state index is 0.0210. The van der Waals surface area contributed by atoms with E-state index in [0.29, 0.717) is 6.42 Å². The zero-order valence-corrected chi connectivity index (χ0v) is 7.56. The van der Waals surface area contributed by atoms with E-state index in [1.165, 1.54) is 0 Å². The van der Waals surface area contributed by atoms with Crippen molar-refractivity contribution in [3.63, 3.8) is 0 Å². The Labute approximate surface area is 76.6 Å². The summed E-state index contributed by atoms with van der Waals surface area (Å²) in [5.74, 6) is -3.36. The topological polar surface area (TPSA) is 74.6 Å². The molecule has 4 heteroatoms. The molecular formula is C9H14O4. The third-order valence-corrected chi connectivity index (χ3v) is 2.82. The first-order chi connectivity index (χ1) is 6.04. The molecule has 1 fully saturated rings. The molecule has 1 aliphatic carbocycles. The van der Waals surface area contributed by atoms with Crippen molar-refractivity contribution >= 4 is 11.9 Å². The molecule has 0 spiro atoms. The zero-order valence-electron chi connectivity index (χ0n) is 7.56. The average molecular weight is 186 g/mol. The molecule has 0 amide bonds. The van der Waals surface area contributed by atoms with Crippen LogP contribution in [-0.4, -0.2) is 22.2 Å². The molecule has 74 valence electrons. The number of carboxylic acids is 2. The molecule has 13 heavy (non-hydrogen) atoms. The highest BCUT2D eigenvalue weighted by Crippen LogP contribution is 2.34. The number of hydrogen-bond donors (Lipinski definition) is 2. The molecule has 0 unspecified atom stereocenters. The summed E-state index contributed by atoms with van der Waals surface area (Å²) in [5, 5.41) is 17.7. The summed E-state index contributed by atoms with van der Waals surface area (Å²) < 4.78 is 0. The Morgan fingerprint density at radius 2 is 1.77 bits per heavy atom. The van der Waals surface area contributed by atoms with Crippen molar-refractivity contribution in [2.75, 3.05) is 0 Å². The van der Waals surface area contributed by atoms with Crippen LogP contribution in [0.3, 0.4) is 0 Å². The molecule has 0 heterocycles. The average Bonchev–Trinajstić information content (AvgIpc) is 2.02. The van der Waals surface area contributed by atoms with Crippen molar-refractivity contribution in [3.8, 4) is 0 Å². The van der Waals surface area contributed by atoms with Gasteiger partial charge in [0.25, 0.3) is 0 Å².